The van der Waals surface area contributed by atoms with Crippen LogP contribution in [0.4, 0.5) is 0 Å². The smallest absolute Gasteiger partial charge is 0.230 e. The molecule has 3 fully saturated rings. The predicted octanol–water partition coefficient (Wildman–Crippen LogP) is 3.19. The molecule has 3 heterocycles. The molecule has 1 atom stereocenters. The number of carbonyl (C=O) groups excluding carboxylic acids is 1. The molecule has 3 aliphatic heterocycles. The Hall–Kier alpha value is -1.65. The van der Waals surface area contributed by atoms with Crippen LogP contribution in [0.15, 0.2) is 36.4 Å². The van der Waals surface area contributed by atoms with Crippen LogP contribution in [0, 0.1) is 5.41 Å². The number of rotatable bonds is 4. The molecular formula is C22H30N2O2. The van der Waals surface area contributed by atoms with Crippen molar-refractivity contribution in [3.8, 4) is 0 Å². The first kappa shape index (κ1) is 17.7. The zero-order valence-electron chi connectivity index (χ0n) is 15.6. The topological polar surface area (TPSA) is 32.8 Å². The molecule has 0 bridgehead atoms. The van der Waals surface area contributed by atoms with E-state index >= 15 is 0 Å². The number of hydrogen-bond donors (Lipinski definition) is 0. The second-order valence-corrected chi connectivity index (χ2v) is 8.02. The van der Waals surface area contributed by atoms with Crippen molar-refractivity contribution in [3.63, 3.8) is 0 Å². The molecule has 1 unspecified atom stereocenters. The Morgan fingerprint density at radius 2 is 1.92 bits per heavy atom. The lowest BCUT2D eigenvalue weighted by molar-refractivity contribution is -0.150. The number of carbonyl (C=O) groups is 1. The molecule has 4 rings (SSSR count). The fourth-order valence-corrected chi connectivity index (χ4v) is 4.84. The minimum atomic E-state index is -0.128. The van der Waals surface area contributed by atoms with Crippen LogP contribution >= 0.6 is 0 Å². The van der Waals surface area contributed by atoms with E-state index in [0.29, 0.717) is 11.9 Å². The number of ether oxygens (including phenoxy) is 1. The number of hydrogen-bond acceptors (Lipinski definition) is 3. The normalized spacial score (nSPS) is 28.5. The number of piperidine rings is 1. The maximum atomic E-state index is 13.3. The Balaban J connectivity index is 1.36. The molecule has 0 aromatic heterocycles. The van der Waals surface area contributed by atoms with Gasteiger partial charge < -0.3 is 9.64 Å². The maximum Gasteiger partial charge on any atom is 0.230 e. The zero-order valence-corrected chi connectivity index (χ0v) is 15.6. The highest BCUT2D eigenvalue weighted by Crippen LogP contribution is 2.41. The van der Waals surface area contributed by atoms with Crippen LogP contribution in [-0.4, -0.2) is 61.1 Å². The summed E-state index contributed by atoms with van der Waals surface area (Å²) in [4.78, 5) is 18.0. The fourth-order valence-electron chi connectivity index (χ4n) is 4.84. The van der Waals surface area contributed by atoms with Gasteiger partial charge in [0.15, 0.2) is 0 Å². The Labute approximate surface area is 156 Å². The molecule has 0 radical (unpaired) electrons. The van der Waals surface area contributed by atoms with Gasteiger partial charge in [-0.3, -0.25) is 9.69 Å². The molecule has 4 heteroatoms. The zero-order chi connectivity index (χ0) is 17.8. The van der Waals surface area contributed by atoms with E-state index in [1.54, 1.807) is 0 Å². The Bertz CT molecular complexity index is 639. The summed E-state index contributed by atoms with van der Waals surface area (Å²) in [5, 5.41) is 0. The van der Waals surface area contributed by atoms with E-state index in [-0.39, 0.29) is 5.41 Å². The van der Waals surface area contributed by atoms with Crippen molar-refractivity contribution in [1.82, 2.24) is 9.80 Å². The van der Waals surface area contributed by atoms with Crippen LogP contribution in [-0.2, 0) is 9.53 Å². The van der Waals surface area contributed by atoms with Gasteiger partial charge in [0.2, 0.25) is 5.91 Å². The molecule has 1 aromatic rings. The second-order valence-electron chi connectivity index (χ2n) is 8.02. The lowest BCUT2D eigenvalue weighted by atomic mass is 9.77. The van der Waals surface area contributed by atoms with Gasteiger partial charge in [-0.2, -0.15) is 0 Å². The highest BCUT2D eigenvalue weighted by Gasteiger charge is 2.49. The van der Waals surface area contributed by atoms with E-state index in [0.717, 1.165) is 71.5 Å². The Kier molecular flexibility index (Phi) is 5.41. The molecule has 1 spiro atoms. The molecule has 26 heavy (non-hydrogen) atoms. The number of amides is 1. The molecular weight excluding hydrogens is 324 g/mol. The molecule has 0 saturated carbocycles. The third kappa shape index (κ3) is 3.72. The first-order chi connectivity index (χ1) is 12.8. The molecule has 0 N–H and O–H groups in total. The Morgan fingerprint density at radius 1 is 1.12 bits per heavy atom. The quantitative estimate of drug-likeness (QED) is 0.832. The van der Waals surface area contributed by atoms with Gasteiger partial charge in [0.05, 0.1) is 5.41 Å². The molecule has 140 valence electrons. The van der Waals surface area contributed by atoms with Crippen LogP contribution < -0.4 is 0 Å². The van der Waals surface area contributed by atoms with Gasteiger partial charge in [0, 0.05) is 38.9 Å². The van der Waals surface area contributed by atoms with Crippen LogP contribution in [0.25, 0.3) is 6.08 Å². The second kappa shape index (κ2) is 7.93. The summed E-state index contributed by atoms with van der Waals surface area (Å²) in [5.41, 5.74) is 1.11. The highest BCUT2D eigenvalue weighted by molar-refractivity contribution is 5.84. The number of likely N-dealkylation sites (tertiary alicyclic amines) is 2. The number of nitrogens with zero attached hydrogens (tertiary/aromatic N) is 2. The first-order valence-corrected chi connectivity index (χ1v) is 10.1. The highest BCUT2D eigenvalue weighted by atomic mass is 16.5. The van der Waals surface area contributed by atoms with Crippen molar-refractivity contribution < 1.29 is 9.53 Å². The van der Waals surface area contributed by atoms with E-state index in [2.05, 4.69) is 46.2 Å². The summed E-state index contributed by atoms with van der Waals surface area (Å²) in [6, 6.07) is 10.8. The van der Waals surface area contributed by atoms with Crippen molar-refractivity contribution in [2.45, 2.75) is 38.1 Å². The van der Waals surface area contributed by atoms with Gasteiger partial charge in [-0.05, 0) is 44.2 Å². The van der Waals surface area contributed by atoms with E-state index in [1.807, 2.05) is 6.07 Å². The largest absolute Gasteiger partial charge is 0.381 e. The van der Waals surface area contributed by atoms with E-state index in [4.69, 9.17) is 4.74 Å². The summed E-state index contributed by atoms with van der Waals surface area (Å²) in [6.45, 7) is 5.44. The molecule has 3 aliphatic rings. The lowest BCUT2D eigenvalue weighted by Gasteiger charge is -2.44. The van der Waals surface area contributed by atoms with Gasteiger partial charge in [-0.25, -0.2) is 0 Å². The average molecular weight is 354 g/mol. The van der Waals surface area contributed by atoms with E-state index < -0.39 is 0 Å². The van der Waals surface area contributed by atoms with E-state index in [9.17, 15) is 4.79 Å². The molecule has 1 aromatic carbocycles. The van der Waals surface area contributed by atoms with Crippen molar-refractivity contribution >= 4 is 12.0 Å². The molecule has 3 saturated heterocycles. The molecule has 0 aliphatic carbocycles. The van der Waals surface area contributed by atoms with Crippen molar-refractivity contribution in [2.24, 2.45) is 5.41 Å². The minimum absolute atomic E-state index is 0.128. The van der Waals surface area contributed by atoms with Crippen molar-refractivity contribution in [1.29, 1.82) is 0 Å². The summed E-state index contributed by atoms with van der Waals surface area (Å²) < 4.78 is 5.49. The monoisotopic (exact) mass is 354 g/mol. The standard InChI is InChI=1S/C22H30N2O2/c25-21-22(11-5-14-24(21)20-9-16-26-17-10-20)12-15-23(18-22)13-4-8-19-6-2-1-3-7-19/h1-4,6-8,20H,5,9-18H2/b8-4+. The van der Waals surface area contributed by atoms with Crippen LogP contribution in [0.5, 0.6) is 0 Å². The van der Waals surface area contributed by atoms with E-state index in [1.165, 1.54) is 5.56 Å². The lowest BCUT2D eigenvalue weighted by Crippen LogP contribution is -2.54. The van der Waals surface area contributed by atoms with Gasteiger partial charge in [0.1, 0.15) is 0 Å². The summed E-state index contributed by atoms with van der Waals surface area (Å²) in [5.74, 6) is 0.421. The summed E-state index contributed by atoms with van der Waals surface area (Å²) in [6.07, 6.45) is 9.66. The van der Waals surface area contributed by atoms with Gasteiger partial charge in [-0.1, -0.05) is 42.5 Å². The number of benzene rings is 1. The van der Waals surface area contributed by atoms with Crippen molar-refractivity contribution in [2.75, 3.05) is 39.4 Å². The van der Waals surface area contributed by atoms with Gasteiger partial charge >= 0.3 is 0 Å². The molecule has 1 amide bonds. The third-order valence-electron chi connectivity index (χ3n) is 6.31. The average Bonchev–Trinajstić information content (AvgIpc) is 3.10. The van der Waals surface area contributed by atoms with Crippen LogP contribution in [0.3, 0.4) is 0 Å². The van der Waals surface area contributed by atoms with Crippen LogP contribution in [0.1, 0.15) is 37.7 Å². The fraction of sp³-hybridized carbons (Fsp3) is 0.591. The minimum Gasteiger partial charge on any atom is -0.381 e. The first-order valence-electron chi connectivity index (χ1n) is 10.1. The third-order valence-corrected chi connectivity index (χ3v) is 6.31. The van der Waals surface area contributed by atoms with Crippen molar-refractivity contribution in [3.05, 3.63) is 42.0 Å². The SMILES string of the molecule is O=C1N(C2CCOCC2)CCCC12CCN(C/C=C/c1ccccc1)C2. The predicted molar refractivity (Wildman–Crippen MR) is 104 cm³/mol. The van der Waals surface area contributed by atoms with Gasteiger partial charge in [-0.15, -0.1) is 0 Å². The summed E-state index contributed by atoms with van der Waals surface area (Å²) in [7, 11) is 0. The van der Waals surface area contributed by atoms with Crippen LogP contribution in [0.2, 0.25) is 0 Å². The Morgan fingerprint density at radius 3 is 2.73 bits per heavy atom. The summed E-state index contributed by atoms with van der Waals surface area (Å²) >= 11 is 0. The maximum absolute atomic E-state index is 13.3. The van der Waals surface area contributed by atoms with Gasteiger partial charge in [0.25, 0.3) is 0 Å². The molecule has 4 nitrogen and oxygen atoms in total.